The number of hydrogen-bond donors (Lipinski definition) is 1. The summed E-state index contributed by atoms with van der Waals surface area (Å²) in [6.45, 7) is 0.101. The molecule has 3 aromatic carbocycles. The van der Waals surface area contributed by atoms with Gasteiger partial charge in [0.25, 0.3) is 5.91 Å². The number of anilines is 1. The fourth-order valence-corrected chi connectivity index (χ4v) is 5.43. The van der Waals surface area contributed by atoms with Crippen molar-refractivity contribution in [3.8, 4) is 0 Å². The summed E-state index contributed by atoms with van der Waals surface area (Å²) in [7, 11) is 0. The highest BCUT2D eigenvalue weighted by Crippen LogP contribution is 2.44. The van der Waals surface area contributed by atoms with Gasteiger partial charge < -0.3 is 10.0 Å². The maximum atomic E-state index is 13.5. The molecule has 2 aliphatic rings. The van der Waals surface area contributed by atoms with Crippen molar-refractivity contribution < 1.29 is 14.7 Å². The third kappa shape index (κ3) is 3.86. The Morgan fingerprint density at radius 2 is 1.64 bits per heavy atom. The summed E-state index contributed by atoms with van der Waals surface area (Å²) < 4.78 is 0. The number of nitrogens with zero attached hydrogens (tertiary/aromatic N) is 1. The standard InChI is InChI=1S/C27H23Cl2NO3/c28-22-9-5-10-23(29)20(22)16-30-24-11-4-3-8-21(24)27(33,26(30)32)15-25(31)19-13-12-17-6-1-2-7-18(17)14-19/h3-5,8-14,33H,1-2,6-7,15-16H2. The van der Waals surface area contributed by atoms with Gasteiger partial charge in [-0.15, -0.1) is 0 Å². The van der Waals surface area contributed by atoms with Crippen LogP contribution < -0.4 is 4.90 Å². The molecule has 1 atom stereocenters. The van der Waals surface area contributed by atoms with Gasteiger partial charge >= 0.3 is 0 Å². The van der Waals surface area contributed by atoms with Crippen LogP contribution in [0.2, 0.25) is 10.0 Å². The van der Waals surface area contributed by atoms with E-state index in [0.29, 0.717) is 32.4 Å². The van der Waals surface area contributed by atoms with Crippen molar-refractivity contribution >= 4 is 40.6 Å². The molecular weight excluding hydrogens is 457 g/mol. The summed E-state index contributed by atoms with van der Waals surface area (Å²) in [5.41, 5.74) is 2.62. The molecule has 0 radical (unpaired) electrons. The van der Waals surface area contributed by atoms with Crippen LogP contribution in [0.1, 0.15) is 51.9 Å². The van der Waals surface area contributed by atoms with E-state index in [0.717, 1.165) is 25.7 Å². The summed E-state index contributed by atoms with van der Waals surface area (Å²) in [4.78, 5) is 28.3. The predicted octanol–water partition coefficient (Wildman–Crippen LogP) is 5.88. The highest BCUT2D eigenvalue weighted by molar-refractivity contribution is 6.36. The Kier molecular flexibility index (Phi) is 5.77. The number of carbonyl (C=O) groups excluding carboxylic acids is 2. The molecular formula is C27H23Cl2NO3. The van der Waals surface area contributed by atoms with Gasteiger partial charge in [0, 0.05) is 26.7 Å². The fraction of sp³-hybridized carbons (Fsp3) is 0.259. The molecule has 6 heteroatoms. The number of rotatable bonds is 5. The summed E-state index contributed by atoms with van der Waals surface area (Å²) in [6, 6.07) is 17.9. The molecule has 4 nitrogen and oxygen atoms in total. The van der Waals surface area contributed by atoms with E-state index >= 15 is 0 Å². The number of aliphatic hydroxyl groups is 1. The Bertz CT molecular complexity index is 1250. The molecule has 1 aliphatic carbocycles. The van der Waals surface area contributed by atoms with Crippen LogP contribution in [0.15, 0.2) is 60.7 Å². The van der Waals surface area contributed by atoms with E-state index in [2.05, 4.69) is 0 Å². The highest BCUT2D eigenvalue weighted by atomic mass is 35.5. The van der Waals surface area contributed by atoms with Gasteiger partial charge in [-0.25, -0.2) is 0 Å². The number of benzene rings is 3. The van der Waals surface area contributed by atoms with Gasteiger partial charge in [0.05, 0.1) is 18.7 Å². The van der Waals surface area contributed by atoms with E-state index in [1.807, 2.05) is 18.2 Å². The van der Waals surface area contributed by atoms with Crippen molar-refractivity contribution in [2.45, 2.75) is 44.2 Å². The monoisotopic (exact) mass is 479 g/mol. The van der Waals surface area contributed by atoms with Crippen LogP contribution in [0, 0.1) is 0 Å². The fourth-order valence-electron chi connectivity index (χ4n) is 4.92. The van der Waals surface area contributed by atoms with Crippen LogP contribution >= 0.6 is 23.2 Å². The van der Waals surface area contributed by atoms with E-state index in [1.54, 1.807) is 42.5 Å². The average Bonchev–Trinajstić information content (AvgIpc) is 3.02. The Balaban J connectivity index is 1.47. The van der Waals surface area contributed by atoms with Gasteiger partial charge in [-0.3, -0.25) is 9.59 Å². The van der Waals surface area contributed by atoms with E-state index < -0.39 is 11.5 Å². The molecule has 0 fully saturated rings. The number of fused-ring (bicyclic) bond motifs is 2. The van der Waals surface area contributed by atoms with Gasteiger partial charge in [0.1, 0.15) is 0 Å². The second-order valence-electron chi connectivity index (χ2n) is 8.76. The number of para-hydroxylation sites is 1. The largest absolute Gasteiger partial charge is 0.375 e. The molecule has 0 saturated carbocycles. The highest BCUT2D eigenvalue weighted by Gasteiger charge is 2.51. The zero-order chi connectivity index (χ0) is 23.2. The van der Waals surface area contributed by atoms with E-state index in [4.69, 9.17) is 23.2 Å². The van der Waals surface area contributed by atoms with E-state index in [-0.39, 0.29) is 18.7 Å². The molecule has 0 spiro atoms. The zero-order valence-corrected chi connectivity index (χ0v) is 19.5. The number of Topliss-reactive ketones (excluding diaryl/α,β-unsaturated/α-hetero) is 1. The number of amides is 1. The lowest BCUT2D eigenvalue weighted by molar-refractivity contribution is -0.136. The van der Waals surface area contributed by atoms with Gasteiger partial charge in [-0.05, 0) is 61.1 Å². The van der Waals surface area contributed by atoms with Gasteiger partial charge in [-0.1, -0.05) is 59.6 Å². The van der Waals surface area contributed by atoms with Gasteiger partial charge in [0.2, 0.25) is 0 Å². The normalized spacial score (nSPS) is 19.4. The summed E-state index contributed by atoms with van der Waals surface area (Å²) in [5.74, 6) is -0.808. The van der Waals surface area contributed by atoms with Crippen LogP contribution in [0.4, 0.5) is 5.69 Å². The molecule has 5 rings (SSSR count). The maximum Gasteiger partial charge on any atom is 0.264 e. The lowest BCUT2D eigenvalue weighted by Crippen LogP contribution is -2.41. The van der Waals surface area contributed by atoms with Crippen molar-refractivity contribution in [1.29, 1.82) is 0 Å². The first kappa shape index (κ1) is 22.1. The molecule has 168 valence electrons. The van der Waals surface area contributed by atoms with Crippen molar-refractivity contribution in [3.05, 3.63) is 98.5 Å². The Hall–Kier alpha value is -2.66. The van der Waals surface area contributed by atoms with Crippen molar-refractivity contribution in [2.75, 3.05) is 4.90 Å². The average molecular weight is 480 g/mol. The lowest BCUT2D eigenvalue weighted by Gasteiger charge is -2.24. The first-order valence-corrected chi connectivity index (χ1v) is 11.9. The molecule has 1 amide bonds. The summed E-state index contributed by atoms with van der Waals surface area (Å²) in [5, 5.41) is 12.5. The third-order valence-electron chi connectivity index (χ3n) is 6.70. The van der Waals surface area contributed by atoms with Gasteiger partial charge in [0.15, 0.2) is 11.4 Å². The molecule has 0 aromatic heterocycles. The smallest absolute Gasteiger partial charge is 0.264 e. The summed E-state index contributed by atoms with van der Waals surface area (Å²) in [6.07, 6.45) is 3.93. The first-order valence-electron chi connectivity index (χ1n) is 11.1. The molecule has 1 unspecified atom stereocenters. The topological polar surface area (TPSA) is 57.6 Å². The van der Waals surface area contributed by atoms with Crippen molar-refractivity contribution in [2.24, 2.45) is 0 Å². The molecule has 33 heavy (non-hydrogen) atoms. The lowest BCUT2D eigenvalue weighted by atomic mass is 9.85. The number of ketones is 1. The zero-order valence-electron chi connectivity index (χ0n) is 18.0. The SMILES string of the molecule is O=C(CC1(O)C(=O)N(Cc2c(Cl)cccc2Cl)c2ccccc21)c1ccc2c(c1)CCCC2. The van der Waals surface area contributed by atoms with Crippen molar-refractivity contribution in [1.82, 2.24) is 0 Å². The predicted molar refractivity (Wildman–Crippen MR) is 130 cm³/mol. The number of halogens is 2. The van der Waals surface area contributed by atoms with E-state index in [1.165, 1.54) is 16.0 Å². The minimum Gasteiger partial charge on any atom is -0.375 e. The van der Waals surface area contributed by atoms with Crippen LogP contribution in [-0.4, -0.2) is 16.8 Å². The molecule has 3 aromatic rings. The van der Waals surface area contributed by atoms with Gasteiger partial charge in [-0.2, -0.15) is 0 Å². The second kappa shape index (κ2) is 8.60. The number of carbonyl (C=O) groups is 2. The Morgan fingerprint density at radius 3 is 2.39 bits per heavy atom. The third-order valence-corrected chi connectivity index (χ3v) is 7.41. The first-order chi connectivity index (χ1) is 15.9. The quantitative estimate of drug-likeness (QED) is 0.464. The Labute approximate surface area is 202 Å². The van der Waals surface area contributed by atoms with Crippen molar-refractivity contribution in [3.63, 3.8) is 0 Å². The minimum atomic E-state index is -1.95. The second-order valence-corrected chi connectivity index (χ2v) is 9.57. The molecule has 0 saturated heterocycles. The van der Waals surface area contributed by atoms with Crippen LogP contribution in [-0.2, 0) is 29.8 Å². The number of hydrogen-bond acceptors (Lipinski definition) is 3. The summed E-state index contributed by atoms with van der Waals surface area (Å²) >= 11 is 12.7. The van der Waals surface area contributed by atoms with Crippen LogP contribution in [0.3, 0.4) is 0 Å². The maximum absolute atomic E-state index is 13.5. The molecule has 1 aliphatic heterocycles. The van der Waals surface area contributed by atoms with E-state index in [9.17, 15) is 14.7 Å². The molecule has 0 bridgehead atoms. The van der Waals surface area contributed by atoms with Crippen LogP contribution in [0.5, 0.6) is 0 Å². The molecule has 1 heterocycles. The minimum absolute atomic E-state index is 0.101. The van der Waals surface area contributed by atoms with Crippen LogP contribution in [0.25, 0.3) is 0 Å². The Morgan fingerprint density at radius 1 is 0.939 bits per heavy atom. The molecule has 1 N–H and O–H groups in total. The number of aryl methyl sites for hydroxylation is 2.